The maximum Gasteiger partial charge on any atom is 0.0603 e. The van der Waals surface area contributed by atoms with E-state index in [0.717, 1.165) is 24.2 Å². The standard InChI is InChI=1S/C17H22N2/c1-4-14-8-10-15(11-9-14)16(5-2)19-17-7-6-12-18-13(17)3/h6-12,16,19H,4-5H2,1-3H3. The summed E-state index contributed by atoms with van der Waals surface area (Å²) in [4.78, 5) is 4.33. The molecule has 2 aromatic rings. The molecule has 0 aliphatic rings. The lowest BCUT2D eigenvalue weighted by Crippen LogP contribution is -2.11. The molecule has 2 nitrogen and oxygen atoms in total. The summed E-state index contributed by atoms with van der Waals surface area (Å²) in [5.74, 6) is 0. The molecule has 2 rings (SSSR count). The van der Waals surface area contributed by atoms with Crippen LogP contribution in [0.25, 0.3) is 0 Å². The second-order valence-electron chi connectivity index (χ2n) is 4.84. The van der Waals surface area contributed by atoms with E-state index in [4.69, 9.17) is 0 Å². The molecule has 0 amide bonds. The maximum absolute atomic E-state index is 4.33. The molecule has 0 saturated heterocycles. The number of pyridine rings is 1. The molecule has 0 saturated carbocycles. The third kappa shape index (κ3) is 3.34. The van der Waals surface area contributed by atoms with Crippen molar-refractivity contribution < 1.29 is 0 Å². The van der Waals surface area contributed by atoms with Gasteiger partial charge >= 0.3 is 0 Å². The predicted molar refractivity (Wildman–Crippen MR) is 81.4 cm³/mol. The highest BCUT2D eigenvalue weighted by Gasteiger charge is 2.10. The van der Waals surface area contributed by atoms with Crippen LogP contribution in [0.3, 0.4) is 0 Å². The lowest BCUT2D eigenvalue weighted by molar-refractivity contribution is 0.746. The minimum atomic E-state index is 0.341. The first-order chi connectivity index (χ1) is 9.24. The van der Waals surface area contributed by atoms with Gasteiger partial charge in [0, 0.05) is 6.20 Å². The number of hydrogen-bond acceptors (Lipinski definition) is 2. The number of nitrogens with zero attached hydrogens (tertiary/aromatic N) is 1. The van der Waals surface area contributed by atoms with E-state index in [0.29, 0.717) is 6.04 Å². The fourth-order valence-corrected chi connectivity index (χ4v) is 2.23. The summed E-state index contributed by atoms with van der Waals surface area (Å²) >= 11 is 0. The van der Waals surface area contributed by atoms with Gasteiger partial charge in [-0.1, -0.05) is 38.1 Å². The zero-order chi connectivity index (χ0) is 13.7. The van der Waals surface area contributed by atoms with Crippen LogP contribution in [0.2, 0.25) is 0 Å². The number of nitrogens with one attached hydrogen (secondary N) is 1. The van der Waals surface area contributed by atoms with Gasteiger partial charge in [-0.05, 0) is 43.0 Å². The molecule has 0 radical (unpaired) electrons. The minimum Gasteiger partial charge on any atom is -0.377 e. The van der Waals surface area contributed by atoms with Crippen LogP contribution in [0.4, 0.5) is 5.69 Å². The maximum atomic E-state index is 4.33. The lowest BCUT2D eigenvalue weighted by atomic mass is 10.0. The fourth-order valence-electron chi connectivity index (χ4n) is 2.23. The highest BCUT2D eigenvalue weighted by molar-refractivity contribution is 5.48. The van der Waals surface area contributed by atoms with Gasteiger partial charge in [0.25, 0.3) is 0 Å². The van der Waals surface area contributed by atoms with Crippen LogP contribution >= 0.6 is 0 Å². The molecule has 2 heteroatoms. The largest absolute Gasteiger partial charge is 0.377 e. The molecule has 1 heterocycles. The number of rotatable bonds is 5. The highest BCUT2D eigenvalue weighted by atomic mass is 14.9. The Morgan fingerprint density at radius 3 is 2.42 bits per heavy atom. The average molecular weight is 254 g/mol. The molecule has 1 unspecified atom stereocenters. The number of anilines is 1. The Morgan fingerprint density at radius 2 is 1.84 bits per heavy atom. The zero-order valence-corrected chi connectivity index (χ0v) is 12.0. The van der Waals surface area contributed by atoms with Crippen molar-refractivity contribution in [3.63, 3.8) is 0 Å². The van der Waals surface area contributed by atoms with Gasteiger partial charge in [0.15, 0.2) is 0 Å². The summed E-state index contributed by atoms with van der Waals surface area (Å²) in [6.45, 7) is 6.43. The van der Waals surface area contributed by atoms with Crippen LogP contribution in [0, 0.1) is 6.92 Å². The monoisotopic (exact) mass is 254 g/mol. The van der Waals surface area contributed by atoms with Crippen LogP contribution in [-0.2, 0) is 6.42 Å². The number of benzene rings is 1. The Kier molecular flexibility index (Phi) is 4.56. The van der Waals surface area contributed by atoms with Gasteiger partial charge in [0.1, 0.15) is 0 Å². The molecular formula is C17H22N2. The Bertz CT molecular complexity index is 517. The predicted octanol–water partition coefficient (Wildman–Crippen LogP) is 4.52. The van der Waals surface area contributed by atoms with Gasteiger partial charge < -0.3 is 5.32 Å². The molecule has 1 atom stereocenters. The van der Waals surface area contributed by atoms with E-state index in [1.54, 1.807) is 0 Å². The first-order valence-corrected chi connectivity index (χ1v) is 7.01. The molecule has 1 N–H and O–H groups in total. The fraction of sp³-hybridized carbons (Fsp3) is 0.353. The number of aromatic nitrogens is 1. The summed E-state index contributed by atoms with van der Waals surface area (Å²) in [5, 5.41) is 3.59. The van der Waals surface area contributed by atoms with Crippen molar-refractivity contribution in [3.05, 3.63) is 59.4 Å². The third-order valence-corrected chi connectivity index (χ3v) is 3.54. The van der Waals surface area contributed by atoms with Crippen molar-refractivity contribution in [2.24, 2.45) is 0 Å². The lowest BCUT2D eigenvalue weighted by Gasteiger charge is -2.20. The van der Waals surface area contributed by atoms with Crippen molar-refractivity contribution in [1.82, 2.24) is 4.98 Å². The second kappa shape index (κ2) is 6.37. The normalized spacial score (nSPS) is 12.2. The SMILES string of the molecule is CCc1ccc(C(CC)Nc2cccnc2C)cc1. The summed E-state index contributed by atoms with van der Waals surface area (Å²) < 4.78 is 0. The van der Waals surface area contributed by atoms with Gasteiger partial charge in [0.2, 0.25) is 0 Å². The Balaban J connectivity index is 2.17. The van der Waals surface area contributed by atoms with E-state index < -0.39 is 0 Å². The quantitative estimate of drug-likeness (QED) is 0.848. The Morgan fingerprint density at radius 1 is 1.11 bits per heavy atom. The van der Waals surface area contributed by atoms with Crippen LogP contribution in [-0.4, -0.2) is 4.98 Å². The molecule has 19 heavy (non-hydrogen) atoms. The molecule has 0 spiro atoms. The van der Waals surface area contributed by atoms with Crippen LogP contribution in [0.15, 0.2) is 42.6 Å². The van der Waals surface area contributed by atoms with Gasteiger partial charge in [-0.15, -0.1) is 0 Å². The average Bonchev–Trinajstić information content (AvgIpc) is 2.47. The Labute approximate surface area is 115 Å². The topological polar surface area (TPSA) is 24.9 Å². The second-order valence-corrected chi connectivity index (χ2v) is 4.84. The first kappa shape index (κ1) is 13.6. The van der Waals surface area contributed by atoms with E-state index in [1.165, 1.54) is 11.1 Å². The van der Waals surface area contributed by atoms with Gasteiger partial charge in [-0.2, -0.15) is 0 Å². The van der Waals surface area contributed by atoms with Gasteiger partial charge in [-0.25, -0.2) is 0 Å². The molecule has 100 valence electrons. The Hall–Kier alpha value is -1.83. The van der Waals surface area contributed by atoms with E-state index in [2.05, 4.69) is 54.5 Å². The summed E-state index contributed by atoms with van der Waals surface area (Å²) in [6, 6.07) is 13.3. The zero-order valence-electron chi connectivity index (χ0n) is 12.0. The van der Waals surface area contributed by atoms with Crippen LogP contribution in [0.1, 0.15) is 43.1 Å². The van der Waals surface area contributed by atoms with Crippen molar-refractivity contribution in [2.75, 3.05) is 5.32 Å². The molecule has 0 bridgehead atoms. The number of hydrogen-bond donors (Lipinski definition) is 1. The van der Waals surface area contributed by atoms with Crippen molar-refractivity contribution in [2.45, 2.75) is 39.7 Å². The molecular weight excluding hydrogens is 232 g/mol. The number of aryl methyl sites for hydroxylation is 2. The minimum absolute atomic E-state index is 0.341. The smallest absolute Gasteiger partial charge is 0.0603 e. The van der Waals surface area contributed by atoms with Gasteiger partial charge in [-0.3, -0.25) is 4.98 Å². The van der Waals surface area contributed by atoms with Gasteiger partial charge in [0.05, 0.1) is 17.4 Å². The third-order valence-electron chi connectivity index (χ3n) is 3.54. The molecule has 0 fully saturated rings. The highest BCUT2D eigenvalue weighted by Crippen LogP contribution is 2.24. The van der Waals surface area contributed by atoms with Crippen molar-refractivity contribution in [1.29, 1.82) is 0 Å². The summed E-state index contributed by atoms with van der Waals surface area (Å²) in [6.07, 6.45) is 3.98. The van der Waals surface area contributed by atoms with Crippen LogP contribution in [0.5, 0.6) is 0 Å². The summed E-state index contributed by atoms with van der Waals surface area (Å²) in [7, 11) is 0. The van der Waals surface area contributed by atoms with E-state index in [-0.39, 0.29) is 0 Å². The first-order valence-electron chi connectivity index (χ1n) is 7.01. The summed E-state index contributed by atoms with van der Waals surface area (Å²) in [5.41, 5.74) is 4.89. The molecule has 0 aliphatic heterocycles. The van der Waals surface area contributed by atoms with E-state index in [9.17, 15) is 0 Å². The molecule has 0 aliphatic carbocycles. The van der Waals surface area contributed by atoms with Crippen molar-refractivity contribution >= 4 is 5.69 Å². The van der Waals surface area contributed by atoms with Crippen molar-refractivity contribution in [3.8, 4) is 0 Å². The van der Waals surface area contributed by atoms with E-state index >= 15 is 0 Å². The molecule has 1 aromatic carbocycles. The van der Waals surface area contributed by atoms with E-state index in [1.807, 2.05) is 19.2 Å². The van der Waals surface area contributed by atoms with Crippen LogP contribution < -0.4 is 5.32 Å². The molecule has 1 aromatic heterocycles.